The summed E-state index contributed by atoms with van der Waals surface area (Å²) in [7, 11) is 3.58. The first-order valence-electron chi connectivity index (χ1n) is 9.45. The van der Waals surface area contributed by atoms with Gasteiger partial charge in [-0.3, -0.25) is 9.69 Å². The molecule has 0 N–H and O–H groups in total. The van der Waals surface area contributed by atoms with Gasteiger partial charge >= 0.3 is 0 Å². The average Bonchev–Trinajstić information content (AvgIpc) is 3.20. The predicted molar refractivity (Wildman–Crippen MR) is 105 cm³/mol. The highest BCUT2D eigenvalue weighted by molar-refractivity contribution is 5.85. The van der Waals surface area contributed by atoms with Crippen LogP contribution >= 0.6 is 12.4 Å². The molecule has 2 atom stereocenters. The van der Waals surface area contributed by atoms with Crippen molar-refractivity contribution in [2.75, 3.05) is 33.9 Å². The Labute approximate surface area is 163 Å². The minimum atomic E-state index is 0. The molecule has 1 aromatic carbocycles. The third kappa shape index (κ3) is 5.04. The minimum absolute atomic E-state index is 0. The Bertz CT molecular complexity index is 561. The van der Waals surface area contributed by atoms with E-state index in [2.05, 4.69) is 4.90 Å². The van der Waals surface area contributed by atoms with Gasteiger partial charge < -0.3 is 14.4 Å². The first-order valence-corrected chi connectivity index (χ1v) is 9.45. The summed E-state index contributed by atoms with van der Waals surface area (Å²) < 4.78 is 10.8. The van der Waals surface area contributed by atoms with Gasteiger partial charge in [-0.05, 0) is 63.0 Å². The van der Waals surface area contributed by atoms with Gasteiger partial charge in [0.15, 0.2) is 6.61 Å². The van der Waals surface area contributed by atoms with Crippen LogP contribution in [0.25, 0.3) is 0 Å². The number of carbonyl (C=O) groups is 1. The molecule has 2 fully saturated rings. The standard InChI is InChI=1S/C20H30N2O3.ClH/c1-21(18-7-3-4-8-19(18)22-13-5-6-14-22)20(23)15-25-17-11-9-16(24-2)10-12-17;/h9-12,18-19H,3-8,13-15H2,1-2H3;1H. The highest BCUT2D eigenvalue weighted by atomic mass is 35.5. The second kappa shape index (κ2) is 10.0. The number of nitrogens with zero attached hydrogens (tertiary/aromatic N) is 2. The quantitative estimate of drug-likeness (QED) is 0.756. The number of amides is 1. The average molecular weight is 383 g/mol. The number of hydrogen-bond acceptors (Lipinski definition) is 4. The molecule has 1 amide bonds. The SMILES string of the molecule is COc1ccc(OCC(=O)N(C)C2CCCCC2N2CCCC2)cc1.Cl. The van der Waals surface area contributed by atoms with Crippen molar-refractivity contribution in [2.24, 2.45) is 0 Å². The zero-order valence-corrected chi connectivity index (χ0v) is 16.7. The van der Waals surface area contributed by atoms with E-state index in [0.29, 0.717) is 17.8 Å². The van der Waals surface area contributed by atoms with E-state index in [1.165, 1.54) is 45.2 Å². The molecule has 3 rings (SSSR count). The maximum Gasteiger partial charge on any atom is 0.260 e. The van der Waals surface area contributed by atoms with Crippen LogP contribution in [0.4, 0.5) is 0 Å². The maximum atomic E-state index is 12.7. The summed E-state index contributed by atoms with van der Waals surface area (Å²) >= 11 is 0. The zero-order valence-electron chi connectivity index (χ0n) is 15.9. The molecule has 1 aromatic rings. The third-order valence-electron chi connectivity index (χ3n) is 5.62. The Morgan fingerprint density at radius 2 is 1.69 bits per heavy atom. The lowest BCUT2D eigenvalue weighted by atomic mass is 9.88. The number of carbonyl (C=O) groups excluding carboxylic acids is 1. The van der Waals surface area contributed by atoms with Crippen LogP contribution in [0, 0.1) is 0 Å². The summed E-state index contributed by atoms with van der Waals surface area (Å²) in [5, 5.41) is 0. The monoisotopic (exact) mass is 382 g/mol. The van der Waals surface area contributed by atoms with Crippen LogP contribution in [-0.2, 0) is 4.79 Å². The van der Waals surface area contributed by atoms with Crippen molar-refractivity contribution in [3.63, 3.8) is 0 Å². The van der Waals surface area contributed by atoms with E-state index in [0.717, 1.165) is 12.2 Å². The molecule has 1 heterocycles. The first kappa shape index (κ1) is 20.8. The lowest BCUT2D eigenvalue weighted by Gasteiger charge is -2.42. The van der Waals surface area contributed by atoms with E-state index >= 15 is 0 Å². The lowest BCUT2D eigenvalue weighted by Crippen LogP contribution is -2.53. The highest BCUT2D eigenvalue weighted by Gasteiger charge is 2.35. The summed E-state index contributed by atoms with van der Waals surface area (Å²) in [5.74, 6) is 1.54. The second-order valence-corrected chi connectivity index (χ2v) is 7.13. The van der Waals surface area contributed by atoms with Gasteiger partial charge in [-0.15, -0.1) is 12.4 Å². The molecule has 0 aromatic heterocycles. The van der Waals surface area contributed by atoms with E-state index in [4.69, 9.17) is 9.47 Å². The fraction of sp³-hybridized carbons (Fsp3) is 0.650. The van der Waals surface area contributed by atoms with Crippen LogP contribution in [0.3, 0.4) is 0 Å². The largest absolute Gasteiger partial charge is 0.497 e. The molecule has 2 unspecified atom stereocenters. The van der Waals surface area contributed by atoms with Gasteiger partial charge in [0.2, 0.25) is 0 Å². The molecular weight excluding hydrogens is 352 g/mol. The summed E-state index contributed by atoms with van der Waals surface area (Å²) in [6.07, 6.45) is 7.39. The Kier molecular flexibility index (Phi) is 8.04. The molecule has 1 aliphatic heterocycles. The van der Waals surface area contributed by atoms with Crippen molar-refractivity contribution < 1.29 is 14.3 Å². The van der Waals surface area contributed by atoms with Gasteiger partial charge in [0, 0.05) is 19.1 Å². The zero-order chi connectivity index (χ0) is 17.6. The molecule has 0 bridgehead atoms. The molecule has 6 heteroatoms. The molecule has 5 nitrogen and oxygen atoms in total. The number of likely N-dealkylation sites (tertiary alicyclic amines) is 1. The number of hydrogen-bond donors (Lipinski definition) is 0. The second-order valence-electron chi connectivity index (χ2n) is 7.13. The van der Waals surface area contributed by atoms with Gasteiger partial charge in [-0.2, -0.15) is 0 Å². The van der Waals surface area contributed by atoms with Gasteiger partial charge in [0.25, 0.3) is 5.91 Å². The fourth-order valence-corrected chi connectivity index (χ4v) is 4.15. The topological polar surface area (TPSA) is 42.0 Å². The van der Waals surface area contributed by atoms with E-state index < -0.39 is 0 Å². The summed E-state index contributed by atoms with van der Waals surface area (Å²) in [5.41, 5.74) is 0. The number of likely N-dealkylation sites (N-methyl/N-ethyl adjacent to an activating group) is 1. The van der Waals surface area contributed by atoms with Crippen LogP contribution in [-0.4, -0.2) is 61.6 Å². The van der Waals surface area contributed by atoms with E-state index in [1.54, 1.807) is 7.11 Å². The summed E-state index contributed by atoms with van der Waals surface area (Å²) in [6.45, 7) is 2.46. The molecule has 26 heavy (non-hydrogen) atoms. The number of benzene rings is 1. The molecule has 1 aliphatic carbocycles. The van der Waals surface area contributed by atoms with Crippen molar-refractivity contribution in [3.05, 3.63) is 24.3 Å². The Hall–Kier alpha value is -1.46. The highest BCUT2D eigenvalue weighted by Crippen LogP contribution is 2.29. The van der Waals surface area contributed by atoms with Gasteiger partial charge in [-0.25, -0.2) is 0 Å². The minimum Gasteiger partial charge on any atom is -0.497 e. The van der Waals surface area contributed by atoms with Crippen molar-refractivity contribution in [3.8, 4) is 11.5 Å². The van der Waals surface area contributed by atoms with Gasteiger partial charge in [-0.1, -0.05) is 12.8 Å². The molecule has 146 valence electrons. The maximum absolute atomic E-state index is 12.7. The van der Waals surface area contributed by atoms with Gasteiger partial charge in [0.05, 0.1) is 7.11 Å². The number of ether oxygens (including phenoxy) is 2. The fourth-order valence-electron chi connectivity index (χ4n) is 4.15. The Morgan fingerprint density at radius 3 is 2.35 bits per heavy atom. The van der Waals surface area contributed by atoms with Crippen LogP contribution < -0.4 is 9.47 Å². The Morgan fingerprint density at radius 1 is 1.08 bits per heavy atom. The third-order valence-corrected chi connectivity index (χ3v) is 5.62. The lowest BCUT2D eigenvalue weighted by molar-refractivity contribution is -0.136. The molecule has 1 saturated carbocycles. The number of halogens is 1. The van der Waals surface area contributed by atoms with Crippen LogP contribution in [0.2, 0.25) is 0 Å². The molecule has 0 radical (unpaired) electrons. The van der Waals surface area contributed by atoms with Gasteiger partial charge in [0.1, 0.15) is 11.5 Å². The van der Waals surface area contributed by atoms with E-state index in [9.17, 15) is 4.79 Å². The van der Waals surface area contributed by atoms with Crippen molar-refractivity contribution in [1.82, 2.24) is 9.80 Å². The summed E-state index contributed by atoms with van der Waals surface area (Å²) in [4.78, 5) is 17.2. The van der Waals surface area contributed by atoms with Crippen molar-refractivity contribution >= 4 is 18.3 Å². The van der Waals surface area contributed by atoms with Crippen LogP contribution in [0.1, 0.15) is 38.5 Å². The Balaban J connectivity index is 0.00000243. The van der Waals surface area contributed by atoms with E-state index in [1.807, 2.05) is 36.2 Å². The molecule has 0 spiro atoms. The molecular formula is C20H31ClN2O3. The molecule has 1 saturated heterocycles. The van der Waals surface area contributed by atoms with Crippen LogP contribution in [0.5, 0.6) is 11.5 Å². The normalized spacial score (nSPS) is 23.2. The summed E-state index contributed by atoms with van der Waals surface area (Å²) in [6, 6.07) is 8.19. The van der Waals surface area contributed by atoms with Crippen LogP contribution in [0.15, 0.2) is 24.3 Å². The number of rotatable bonds is 6. The van der Waals surface area contributed by atoms with Crippen molar-refractivity contribution in [1.29, 1.82) is 0 Å². The molecule has 2 aliphatic rings. The van der Waals surface area contributed by atoms with Crippen molar-refractivity contribution in [2.45, 2.75) is 50.6 Å². The number of methoxy groups -OCH3 is 1. The first-order chi connectivity index (χ1) is 12.2. The smallest absolute Gasteiger partial charge is 0.260 e. The predicted octanol–water partition coefficient (Wildman–Crippen LogP) is 3.36. The van der Waals surface area contributed by atoms with E-state index in [-0.39, 0.29) is 24.9 Å².